The van der Waals surface area contributed by atoms with Crippen molar-refractivity contribution in [1.82, 2.24) is 26.1 Å². The fourth-order valence-electron chi connectivity index (χ4n) is 5.08. The lowest BCUT2D eigenvalue weighted by molar-refractivity contribution is -0.148. The van der Waals surface area contributed by atoms with E-state index in [0.717, 1.165) is 33.2 Å². The van der Waals surface area contributed by atoms with Crippen LogP contribution in [0.15, 0.2) is 54.7 Å². The quantitative estimate of drug-likeness (QED) is 0.241. The van der Waals surface area contributed by atoms with Gasteiger partial charge in [0, 0.05) is 23.7 Å². The average molecular weight is 590 g/mol. The Labute approximate surface area is 250 Å². The molecule has 0 aliphatic carbocycles. The lowest BCUT2D eigenvalue weighted by atomic mass is 10.0. The van der Waals surface area contributed by atoms with Crippen molar-refractivity contribution in [3.05, 3.63) is 65.9 Å². The first-order chi connectivity index (χ1) is 20.4. The van der Waals surface area contributed by atoms with Gasteiger partial charge in [0.05, 0.1) is 18.2 Å². The number of nitrogens with zero attached hydrogens (tertiary/aromatic N) is 2. The molecule has 1 aliphatic rings. The van der Waals surface area contributed by atoms with Crippen molar-refractivity contribution in [2.24, 2.45) is 5.92 Å². The van der Waals surface area contributed by atoms with Gasteiger partial charge in [0.15, 0.2) is 0 Å². The fourth-order valence-corrected chi connectivity index (χ4v) is 5.08. The number of benzene rings is 2. The molecular weight excluding hydrogens is 550 g/mol. The molecule has 43 heavy (non-hydrogen) atoms. The van der Waals surface area contributed by atoms with E-state index in [2.05, 4.69) is 21.0 Å². The van der Waals surface area contributed by atoms with Gasteiger partial charge in [-0.1, -0.05) is 44.2 Å². The number of aliphatic hydroxyl groups is 1. The number of hydrogen-bond donors (Lipinski definition) is 5. The molecule has 2 heterocycles. The van der Waals surface area contributed by atoms with E-state index in [4.69, 9.17) is 0 Å². The molecule has 0 radical (unpaired) electrons. The third-order valence-corrected chi connectivity index (χ3v) is 7.56. The van der Waals surface area contributed by atoms with E-state index in [9.17, 15) is 29.4 Å². The van der Waals surface area contributed by atoms with Gasteiger partial charge in [0.2, 0.25) is 11.8 Å². The Balaban J connectivity index is 1.40. The molecular formula is C32H39N5O6. The second kappa shape index (κ2) is 13.7. The first kappa shape index (κ1) is 31.6. The zero-order chi connectivity index (χ0) is 31.3. The van der Waals surface area contributed by atoms with Crippen molar-refractivity contribution < 1.29 is 29.4 Å². The maximum absolute atomic E-state index is 13.1. The summed E-state index contributed by atoms with van der Waals surface area (Å²) in [6, 6.07) is 12.5. The molecule has 11 nitrogen and oxygen atoms in total. The summed E-state index contributed by atoms with van der Waals surface area (Å²) in [5.74, 6) is -2.59. The number of hydrogen-bond acceptors (Lipinski definition) is 7. The van der Waals surface area contributed by atoms with Crippen LogP contribution >= 0.6 is 0 Å². The number of hydrazine groups is 1. The number of amides is 3. The number of aliphatic hydroxyl groups excluding tert-OH is 1. The number of carbonyl (C=O) groups is 4. The molecule has 1 aliphatic heterocycles. The summed E-state index contributed by atoms with van der Waals surface area (Å²) >= 11 is 0. The lowest BCUT2D eigenvalue weighted by Gasteiger charge is -2.34. The molecule has 5 N–H and O–H groups in total. The van der Waals surface area contributed by atoms with E-state index in [1.807, 2.05) is 48.5 Å². The number of fused-ring (bicyclic) bond motifs is 1. The van der Waals surface area contributed by atoms with Gasteiger partial charge in [-0.05, 0) is 67.3 Å². The van der Waals surface area contributed by atoms with Gasteiger partial charge >= 0.3 is 5.97 Å². The van der Waals surface area contributed by atoms with E-state index in [1.54, 1.807) is 27.0 Å². The molecule has 1 fully saturated rings. The highest BCUT2D eigenvalue weighted by atomic mass is 16.4. The SMILES string of the molecule is CC(C)[C@H](NC(=O)Cc1cccc(-c2cc3cc([C@@H](C)O)ccc3cn2)c1)C(=O)N[C@@H](C)C(=O)N1CCC[C@@H](C(=O)O)N1. The normalized spacial score (nSPS) is 17.3. The summed E-state index contributed by atoms with van der Waals surface area (Å²) in [5, 5.41) is 27.8. The number of aromatic nitrogens is 1. The summed E-state index contributed by atoms with van der Waals surface area (Å²) in [7, 11) is 0. The Bertz CT molecular complexity index is 1510. The molecule has 11 heteroatoms. The van der Waals surface area contributed by atoms with Crippen molar-refractivity contribution in [3.63, 3.8) is 0 Å². The maximum atomic E-state index is 13.1. The zero-order valence-corrected chi connectivity index (χ0v) is 24.8. The summed E-state index contributed by atoms with van der Waals surface area (Å²) in [6.45, 7) is 7.19. The van der Waals surface area contributed by atoms with Crippen LogP contribution in [0.1, 0.15) is 57.8 Å². The van der Waals surface area contributed by atoms with Crippen LogP contribution in [-0.2, 0) is 25.6 Å². The standard InChI is InChI=1S/C32H39N5O6/c1-18(2)29(30(40)34-19(3)31(41)37-12-6-9-26(36-37)32(42)43)35-28(39)14-21-7-5-8-23(13-21)27-16-25-15-22(20(4)38)10-11-24(25)17-33-27/h5,7-8,10-11,13,15-20,26,29,36,38H,6,9,12,14H2,1-4H3,(H,34,40)(H,35,39)(H,42,43)/t19-,20+,26-,29-/m0/s1. The van der Waals surface area contributed by atoms with Gasteiger partial charge in [-0.25, -0.2) is 5.43 Å². The first-order valence-electron chi connectivity index (χ1n) is 14.5. The zero-order valence-electron chi connectivity index (χ0n) is 24.8. The minimum atomic E-state index is -1.04. The molecule has 4 rings (SSSR count). The van der Waals surface area contributed by atoms with Crippen LogP contribution in [0.25, 0.3) is 22.0 Å². The Hall–Kier alpha value is -4.35. The molecule has 3 amide bonds. The lowest BCUT2D eigenvalue weighted by Crippen LogP contribution is -2.60. The molecule has 0 bridgehead atoms. The van der Waals surface area contributed by atoms with E-state index in [0.29, 0.717) is 19.4 Å². The molecule has 0 saturated carbocycles. The number of nitrogens with one attached hydrogen (secondary N) is 3. The number of carboxylic acid groups (broad SMARTS) is 1. The Kier molecular flexibility index (Phi) is 10.1. The smallest absolute Gasteiger partial charge is 0.322 e. The van der Waals surface area contributed by atoms with E-state index in [1.165, 1.54) is 11.9 Å². The summed E-state index contributed by atoms with van der Waals surface area (Å²) in [6.07, 6.45) is 2.17. The Morgan fingerprint density at radius 2 is 1.79 bits per heavy atom. The average Bonchev–Trinajstić information content (AvgIpc) is 2.98. The molecule has 1 aromatic heterocycles. The summed E-state index contributed by atoms with van der Waals surface area (Å²) in [4.78, 5) is 54.9. The Morgan fingerprint density at radius 3 is 2.49 bits per heavy atom. The highest BCUT2D eigenvalue weighted by molar-refractivity contribution is 5.92. The van der Waals surface area contributed by atoms with Crippen LogP contribution in [0.2, 0.25) is 0 Å². The number of carbonyl (C=O) groups excluding carboxylic acids is 3. The highest BCUT2D eigenvalue weighted by Crippen LogP contribution is 2.25. The third-order valence-electron chi connectivity index (χ3n) is 7.56. The summed E-state index contributed by atoms with van der Waals surface area (Å²) < 4.78 is 0. The van der Waals surface area contributed by atoms with Gasteiger partial charge in [-0.3, -0.25) is 29.2 Å². The van der Waals surface area contributed by atoms with Gasteiger partial charge < -0.3 is 20.8 Å². The largest absolute Gasteiger partial charge is 0.480 e. The number of aliphatic carboxylic acids is 1. The topological polar surface area (TPSA) is 161 Å². The van der Waals surface area contributed by atoms with E-state index < -0.39 is 42.0 Å². The predicted octanol–water partition coefficient (Wildman–Crippen LogP) is 2.72. The van der Waals surface area contributed by atoms with Crippen LogP contribution in [0.5, 0.6) is 0 Å². The van der Waals surface area contributed by atoms with Crippen LogP contribution in [-0.4, -0.2) is 68.6 Å². The van der Waals surface area contributed by atoms with Crippen LogP contribution in [0.3, 0.4) is 0 Å². The fraction of sp³-hybridized carbons (Fsp3) is 0.406. The summed E-state index contributed by atoms with van der Waals surface area (Å²) in [5.41, 5.74) is 5.81. The molecule has 4 atom stereocenters. The first-order valence-corrected chi connectivity index (χ1v) is 14.5. The second-order valence-electron chi connectivity index (χ2n) is 11.4. The van der Waals surface area contributed by atoms with E-state index in [-0.39, 0.29) is 18.2 Å². The molecule has 228 valence electrons. The van der Waals surface area contributed by atoms with Crippen molar-refractivity contribution in [2.75, 3.05) is 6.54 Å². The number of rotatable bonds is 10. The molecule has 0 unspecified atom stereocenters. The minimum Gasteiger partial charge on any atom is -0.480 e. The van der Waals surface area contributed by atoms with Crippen molar-refractivity contribution >= 4 is 34.5 Å². The van der Waals surface area contributed by atoms with Crippen molar-refractivity contribution in [1.29, 1.82) is 0 Å². The van der Waals surface area contributed by atoms with Crippen molar-refractivity contribution in [3.8, 4) is 11.3 Å². The Morgan fingerprint density at radius 1 is 1.02 bits per heavy atom. The van der Waals surface area contributed by atoms with Gasteiger partial charge in [-0.2, -0.15) is 0 Å². The number of pyridine rings is 1. The molecule has 3 aromatic rings. The number of carboxylic acids is 1. The third kappa shape index (κ3) is 7.94. The van der Waals surface area contributed by atoms with Crippen LogP contribution in [0, 0.1) is 5.92 Å². The van der Waals surface area contributed by atoms with Gasteiger partial charge in [-0.15, -0.1) is 0 Å². The predicted molar refractivity (Wildman–Crippen MR) is 161 cm³/mol. The van der Waals surface area contributed by atoms with Crippen LogP contribution < -0.4 is 16.1 Å². The second-order valence-corrected chi connectivity index (χ2v) is 11.4. The van der Waals surface area contributed by atoms with Gasteiger partial charge in [0.1, 0.15) is 18.1 Å². The molecule has 2 aromatic carbocycles. The molecule has 0 spiro atoms. The minimum absolute atomic E-state index is 0.0346. The van der Waals surface area contributed by atoms with Gasteiger partial charge in [0.25, 0.3) is 5.91 Å². The van der Waals surface area contributed by atoms with Crippen molar-refractivity contribution in [2.45, 2.75) is 71.2 Å². The molecule has 1 saturated heterocycles. The van der Waals surface area contributed by atoms with E-state index >= 15 is 0 Å². The monoisotopic (exact) mass is 589 g/mol. The maximum Gasteiger partial charge on any atom is 0.322 e. The highest BCUT2D eigenvalue weighted by Gasteiger charge is 2.32. The van der Waals surface area contributed by atoms with Crippen LogP contribution in [0.4, 0.5) is 0 Å².